The Morgan fingerprint density at radius 2 is 1.49 bits per heavy atom. The van der Waals surface area contributed by atoms with E-state index >= 15 is 0 Å². The summed E-state index contributed by atoms with van der Waals surface area (Å²) in [6.07, 6.45) is 2.42. The van der Waals surface area contributed by atoms with Gasteiger partial charge < -0.3 is 10.4 Å². The fourth-order valence-electron chi connectivity index (χ4n) is 4.75. The molecule has 0 saturated heterocycles. The largest absolute Gasteiger partial charge is 0.478 e. The number of fused-ring (bicyclic) bond motifs is 2. The molecule has 0 bridgehead atoms. The van der Waals surface area contributed by atoms with Crippen LogP contribution < -0.4 is 5.32 Å². The number of nitrogens with zero attached hydrogens (tertiary/aromatic N) is 3. The number of aromatic carboxylic acids is 1. The molecule has 7 nitrogen and oxygen atoms in total. The number of amides is 1. The van der Waals surface area contributed by atoms with Crippen LogP contribution in [0.5, 0.6) is 0 Å². The summed E-state index contributed by atoms with van der Waals surface area (Å²) in [5.74, 6) is -1.25. The number of benzene rings is 4. The van der Waals surface area contributed by atoms with Crippen molar-refractivity contribution in [2.45, 2.75) is 13.0 Å². The second kappa shape index (κ2) is 10.2. The van der Waals surface area contributed by atoms with Gasteiger partial charge in [-0.2, -0.15) is 0 Å². The van der Waals surface area contributed by atoms with Crippen molar-refractivity contribution in [3.8, 4) is 11.1 Å². The van der Waals surface area contributed by atoms with E-state index in [0.29, 0.717) is 23.2 Å². The molecule has 190 valence electrons. The van der Waals surface area contributed by atoms with Crippen LogP contribution in [-0.2, 0) is 13.0 Å². The maximum atomic E-state index is 13.6. The number of aromatic nitrogens is 3. The molecular weight excluding hydrogens is 488 g/mol. The lowest BCUT2D eigenvalue weighted by Crippen LogP contribution is -2.24. The number of carboxylic acid groups (broad SMARTS) is 1. The molecule has 1 amide bonds. The molecule has 0 unspecified atom stereocenters. The first-order valence-corrected chi connectivity index (χ1v) is 12.6. The van der Waals surface area contributed by atoms with E-state index in [0.717, 1.165) is 33.0 Å². The Kier molecular flexibility index (Phi) is 6.31. The summed E-state index contributed by atoms with van der Waals surface area (Å²) in [7, 11) is 0. The Hall–Kier alpha value is -5.30. The lowest BCUT2D eigenvalue weighted by atomic mass is 10.0. The monoisotopic (exact) mass is 512 g/mol. The molecule has 0 saturated carbocycles. The van der Waals surface area contributed by atoms with Gasteiger partial charge in [0.1, 0.15) is 5.52 Å². The van der Waals surface area contributed by atoms with Gasteiger partial charge in [0.25, 0.3) is 5.91 Å². The quantitative estimate of drug-likeness (QED) is 0.283. The van der Waals surface area contributed by atoms with Gasteiger partial charge in [-0.3, -0.25) is 4.79 Å². The summed E-state index contributed by atoms with van der Waals surface area (Å²) in [4.78, 5) is 24.7. The van der Waals surface area contributed by atoms with Gasteiger partial charge in [-0.15, -0.1) is 5.10 Å². The fourth-order valence-corrected chi connectivity index (χ4v) is 4.75. The number of carbonyl (C=O) groups is 2. The molecule has 0 spiro atoms. The van der Waals surface area contributed by atoms with E-state index in [9.17, 15) is 9.59 Å². The standard InChI is InChI=1S/C32H24N4O3/c37-31(33-19-21-10-14-25(15-11-21)32(38)39)28-18-27(23-6-2-1-3-7-23)20-36-30(28)29(34-35-36)17-22-12-13-24-8-4-5-9-26(24)16-22/h1-16,18,20H,17,19H2,(H,33,37)(H,38,39). The Morgan fingerprint density at radius 3 is 2.26 bits per heavy atom. The van der Waals surface area contributed by atoms with Crippen molar-refractivity contribution >= 4 is 28.2 Å². The highest BCUT2D eigenvalue weighted by Gasteiger charge is 2.19. The van der Waals surface area contributed by atoms with Crippen LogP contribution in [0.3, 0.4) is 0 Å². The van der Waals surface area contributed by atoms with Crippen LogP contribution in [0.1, 0.15) is 37.5 Å². The molecule has 0 radical (unpaired) electrons. The summed E-state index contributed by atoms with van der Waals surface area (Å²) >= 11 is 0. The van der Waals surface area contributed by atoms with Crippen molar-refractivity contribution in [2.24, 2.45) is 0 Å². The molecule has 2 heterocycles. The number of nitrogens with one attached hydrogen (secondary N) is 1. The summed E-state index contributed by atoms with van der Waals surface area (Å²) in [6.45, 7) is 0.252. The number of pyridine rings is 1. The third-order valence-electron chi connectivity index (χ3n) is 6.77. The third kappa shape index (κ3) is 4.98. The lowest BCUT2D eigenvalue weighted by Gasteiger charge is -2.11. The van der Waals surface area contributed by atoms with E-state index in [2.05, 4.69) is 46.0 Å². The zero-order valence-corrected chi connectivity index (χ0v) is 20.9. The Labute approximate surface area is 224 Å². The first-order valence-electron chi connectivity index (χ1n) is 12.6. The molecule has 2 aromatic heterocycles. The molecule has 6 rings (SSSR count). The zero-order valence-electron chi connectivity index (χ0n) is 20.9. The van der Waals surface area contributed by atoms with Crippen LogP contribution >= 0.6 is 0 Å². The first-order chi connectivity index (χ1) is 19.0. The second-order valence-corrected chi connectivity index (χ2v) is 9.38. The highest BCUT2D eigenvalue weighted by atomic mass is 16.4. The molecule has 2 N–H and O–H groups in total. The van der Waals surface area contributed by atoms with Crippen LogP contribution in [-0.4, -0.2) is 31.8 Å². The van der Waals surface area contributed by atoms with Crippen molar-refractivity contribution in [3.05, 3.63) is 137 Å². The maximum Gasteiger partial charge on any atom is 0.335 e. The molecule has 4 aromatic carbocycles. The minimum absolute atomic E-state index is 0.200. The Bertz CT molecular complexity index is 1830. The molecule has 0 aliphatic carbocycles. The number of carbonyl (C=O) groups excluding carboxylic acids is 1. The molecule has 0 aliphatic heterocycles. The normalized spacial score (nSPS) is 11.1. The van der Waals surface area contributed by atoms with Crippen molar-refractivity contribution in [2.75, 3.05) is 0 Å². The number of hydrogen-bond acceptors (Lipinski definition) is 4. The van der Waals surface area contributed by atoms with Gasteiger partial charge in [-0.05, 0) is 45.7 Å². The molecule has 0 aliphatic rings. The predicted octanol–water partition coefficient (Wildman–Crippen LogP) is 5.77. The van der Waals surface area contributed by atoms with Gasteiger partial charge in [-0.1, -0.05) is 90.1 Å². The van der Waals surface area contributed by atoms with Gasteiger partial charge >= 0.3 is 5.97 Å². The summed E-state index contributed by atoms with van der Waals surface area (Å²) in [5.41, 5.74) is 5.72. The highest BCUT2D eigenvalue weighted by molar-refractivity contribution is 6.02. The molecule has 39 heavy (non-hydrogen) atoms. The van der Waals surface area contributed by atoms with Crippen LogP contribution in [0.4, 0.5) is 0 Å². The summed E-state index contributed by atoms with van der Waals surface area (Å²) in [5, 5.41) is 23.3. The van der Waals surface area contributed by atoms with E-state index in [-0.39, 0.29) is 18.0 Å². The maximum absolute atomic E-state index is 13.6. The highest BCUT2D eigenvalue weighted by Crippen LogP contribution is 2.26. The van der Waals surface area contributed by atoms with Gasteiger partial charge in [0, 0.05) is 24.7 Å². The van der Waals surface area contributed by atoms with Crippen molar-refractivity contribution in [1.29, 1.82) is 0 Å². The van der Waals surface area contributed by atoms with E-state index in [1.54, 1.807) is 16.6 Å². The van der Waals surface area contributed by atoms with Gasteiger partial charge in [0.05, 0.1) is 16.8 Å². The minimum atomic E-state index is -0.988. The molecule has 0 fully saturated rings. The first kappa shape index (κ1) is 24.1. The SMILES string of the molecule is O=C(O)c1ccc(CNC(=O)c2cc(-c3ccccc3)cn3nnc(Cc4ccc5ccccc5c4)c23)cc1. The Balaban J connectivity index is 1.36. The van der Waals surface area contributed by atoms with E-state index in [1.165, 1.54) is 12.1 Å². The number of rotatable bonds is 7. The number of carboxylic acids is 1. The van der Waals surface area contributed by atoms with Crippen LogP contribution in [0, 0.1) is 0 Å². The second-order valence-electron chi connectivity index (χ2n) is 9.38. The summed E-state index contributed by atoms with van der Waals surface area (Å²) in [6, 6.07) is 32.7. The third-order valence-corrected chi connectivity index (χ3v) is 6.77. The topological polar surface area (TPSA) is 96.6 Å². The smallest absolute Gasteiger partial charge is 0.335 e. The van der Waals surface area contributed by atoms with E-state index in [4.69, 9.17) is 5.11 Å². The zero-order chi connectivity index (χ0) is 26.8. The van der Waals surface area contributed by atoms with Gasteiger partial charge in [-0.25, -0.2) is 9.31 Å². The van der Waals surface area contributed by atoms with Crippen LogP contribution in [0.2, 0.25) is 0 Å². The molecule has 6 aromatic rings. The number of hydrogen-bond donors (Lipinski definition) is 2. The van der Waals surface area contributed by atoms with Crippen molar-refractivity contribution in [3.63, 3.8) is 0 Å². The Morgan fingerprint density at radius 1 is 0.769 bits per heavy atom. The van der Waals surface area contributed by atoms with Crippen LogP contribution in [0.15, 0.2) is 109 Å². The van der Waals surface area contributed by atoms with Gasteiger partial charge in [0.2, 0.25) is 0 Å². The molecule has 0 atom stereocenters. The predicted molar refractivity (Wildman–Crippen MR) is 150 cm³/mol. The van der Waals surface area contributed by atoms with Gasteiger partial charge in [0.15, 0.2) is 0 Å². The average Bonchev–Trinajstić information content (AvgIpc) is 3.38. The van der Waals surface area contributed by atoms with Crippen molar-refractivity contribution < 1.29 is 14.7 Å². The summed E-state index contributed by atoms with van der Waals surface area (Å²) < 4.78 is 1.68. The molecule has 7 heteroatoms. The average molecular weight is 513 g/mol. The minimum Gasteiger partial charge on any atom is -0.478 e. The van der Waals surface area contributed by atoms with Crippen molar-refractivity contribution in [1.82, 2.24) is 20.1 Å². The fraction of sp³-hybridized carbons (Fsp3) is 0.0625. The lowest BCUT2D eigenvalue weighted by molar-refractivity contribution is 0.0696. The molecular formula is C32H24N4O3. The van der Waals surface area contributed by atoms with E-state index in [1.807, 2.05) is 54.7 Å². The van der Waals surface area contributed by atoms with Crippen LogP contribution in [0.25, 0.3) is 27.4 Å². The van der Waals surface area contributed by atoms with E-state index < -0.39 is 5.97 Å².